The number of carbonyl (C=O) groups is 1. The van der Waals surface area contributed by atoms with Gasteiger partial charge in [0.05, 0.1) is 22.3 Å². The Morgan fingerprint density at radius 1 is 1.53 bits per heavy atom. The van der Waals surface area contributed by atoms with Crippen LogP contribution >= 0.6 is 11.6 Å². The van der Waals surface area contributed by atoms with Gasteiger partial charge in [0.25, 0.3) is 0 Å². The number of nitriles is 1. The molecule has 0 bridgehead atoms. The highest BCUT2D eigenvalue weighted by Crippen LogP contribution is 2.23. The Labute approximate surface area is 106 Å². The molecule has 1 amide bonds. The normalized spacial score (nSPS) is 10.1. The third-order valence-corrected chi connectivity index (χ3v) is 2.63. The Bertz CT molecular complexity index is 449. The zero-order valence-corrected chi connectivity index (χ0v) is 10.7. The van der Waals surface area contributed by atoms with Crippen molar-refractivity contribution in [2.45, 2.75) is 26.7 Å². The van der Waals surface area contributed by atoms with E-state index in [1.807, 2.05) is 6.07 Å². The molecule has 0 atom stereocenters. The van der Waals surface area contributed by atoms with Gasteiger partial charge in [-0.05, 0) is 30.5 Å². The van der Waals surface area contributed by atoms with E-state index in [4.69, 9.17) is 16.9 Å². The minimum absolute atomic E-state index is 0.0506. The van der Waals surface area contributed by atoms with Gasteiger partial charge in [0.15, 0.2) is 0 Å². The molecule has 0 fully saturated rings. The van der Waals surface area contributed by atoms with Crippen molar-refractivity contribution in [3.05, 3.63) is 28.8 Å². The maximum absolute atomic E-state index is 11.6. The van der Waals surface area contributed by atoms with E-state index in [1.54, 1.807) is 18.2 Å². The molecule has 0 aliphatic heterocycles. The summed E-state index contributed by atoms with van der Waals surface area (Å²) in [5.74, 6) is 0.447. The maximum atomic E-state index is 11.6. The molecule has 4 heteroatoms. The summed E-state index contributed by atoms with van der Waals surface area (Å²) in [7, 11) is 0. The number of nitrogens with one attached hydrogen (secondary N) is 1. The number of anilines is 1. The van der Waals surface area contributed by atoms with Gasteiger partial charge in [-0.1, -0.05) is 25.4 Å². The topological polar surface area (TPSA) is 52.9 Å². The summed E-state index contributed by atoms with van der Waals surface area (Å²) in [5.41, 5.74) is 1.04. The summed E-state index contributed by atoms with van der Waals surface area (Å²) >= 11 is 5.95. The van der Waals surface area contributed by atoms with Gasteiger partial charge in [-0.15, -0.1) is 0 Å². The Kier molecular flexibility index (Phi) is 4.99. The van der Waals surface area contributed by atoms with Gasteiger partial charge in [0, 0.05) is 6.42 Å². The first-order valence-electron chi connectivity index (χ1n) is 5.52. The average molecular weight is 251 g/mol. The second-order valence-electron chi connectivity index (χ2n) is 4.29. The minimum Gasteiger partial charge on any atom is -0.325 e. The van der Waals surface area contributed by atoms with Crippen LogP contribution in [0.25, 0.3) is 0 Å². The van der Waals surface area contributed by atoms with E-state index < -0.39 is 0 Å². The Balaban J connectivity index is 2.63. The predicted octanol–water partition coefficient (Wildman–Crippen LogP) is 3.59. The highest BCUT2D eigenvalue weighted by Gasteiger charge is 2.07. The van der Waals surface area contributed by atoms with Crippen LogP contribution in [0.2, 0.25) is 5.02 Å². The average Bonchev–Trinajstić information content (AvgIpc) is 2.29. The summed E-state index contributed by atoms with van der Waals surface area (Å²) in [6, 6.07) is 6.81. The molecular formula is C13H15ClN2O. The standard InChI is InChI=1S/C13H15ClN2O/c1-9(2)3-6-13(17)16-12-5-4-10(8-15)7-11(12)14/h4-5,7,9H,3,6H2,1-2H3,(H,16,17). The molecule has 0 saturated heterocycles. The van der Waals surface area contributed by atoms with Crippen LogP contribution in [0.5, 0.6) is 0 Å². The molecule has 0 spiro atoms. The SMILES string of the molecule is CC(C)CCC(=O)Nc1ccc(C#N)cc1Cl. The molecule has 3 nitrogen and oxygen atoms in total. The third-order valence-electron chi connectivity index (χ3n) is 2.32. The first kappa shape index (κ1) is 13.5. The summed E-state index contributed by atoms with van der Waals surface area (Å²) in [4.78, 5) is 11.6. The van der Waals surface area contributed by atoms with E-state index in [1.165, 1.54) is 0 Å². The maximum Gasteiger partial charge on any atom is 0.224 e. The van der Waals surface area contributed by atoms with Crippen molar-refractivity contribution < 1.29 is 4.79 Å². The molecule has 1 N–H and O–H groups in total. The second kappa shape index (κ2) is 6.27. The van der Waals surface area contributed by atoms with Crippen molar-refractivity contribution >= 4 is 23.2 Å². The minimum atomic E-state index is -0.0506. The van der Waals surface area contributed by atoms with Crippen LogP contribution < -0.4 is 5.32 Å². The van der Waals surface area contributed by atoms with E-state index >= 15 is 0 Å². The zero-order chi connectivity index (χ0) is 12.8. The third kappa shape index (κ3) is 4.46. The molecule has 90 valence electrons. The van der Waals surface area contributed by atoms with E-state index in [0.29, 0.717) is 28.6 Å². The molecule has 0 unspecified atom stereocenters. The van der Waals surface area contributed by atoms with Crippen molar-refractivity contribution in [1.82, 2.24) is 0 Å². The van der Waals surface area contributed by atoms with Crippen molar-refractivity contribution in [3.8, 4) is 6.07 Å². The lowest BCUT2D eigenvalue weighted by Crippen LogP contribution is -2.12. The summed E-state index contributed by atoms with van der Waals surface area (Å²) < 4.78 is 0. The van der Waals surface area contributed by atoms with E-state index in [2.05, 4.69) is 19.2 Å². The molecule has 0 aliphatic carbocycles. The van der Waals surface area contributed by atoms with Gasteiger partial charge < -0.3 is 5.32 Å². The van der Waals surface area contributed by atoms with Gasteiger partial charge >= 0.3 is 0 Å². The molecule has 1 aromatic rings. The lowest BCUT2D eigenvalue weighted by Gasteiger charge is -2.08. The lowest BCUT2D eigenvalue weighted by molar-refractivity contribution is -0.116. The number of hydrogen-bond donors (Lipinski definition) is 1. The van der Waals surface area contributed by atoms with Crippen molar-refractivity contribution in [3.63, 3.8) is 0 Å². The Morgan fingerprint density at radius 3 is 2.76 bits per heavy atom. The molecule has 1 aromatic carbocycles. The molecule has 1 rings (SSSR count). The number of benzene rings is 1. The fraction of sp³-hybridized carbons (Fsp3) is 0.385. The molecule has 0 aromatic heterocycles. The largest absolute Gasteiger partial charge is 0.325 e. The summed E-state index contributed by atoms with van der Waals surface area (Å²) in [6.07, 6.45) is 1.33. The highest BCUT2D eigenvalue weighted by molar-refractivity contribution is 6.33. The fourth-order valence-electron chi connectivity index (χ4n) is 1.32. The number of nitrogens with zero attached hydrogens (tertiary/aromatic N) is 1. The highest BCUT2D eigenvalue weighted by atomic mass is 35.5. The van der Waals surface area contributed by atoms with E-state index in [9.17, 15) is 4.79 Å². The summed E-state index contributed by atoms with van der Waals surface area (Å²) in [5, 5.41) is 11.8. The fourth-order valence-corrected chi connectivity index (χ4v) is 1.55. The van der Waals surface area contributed by atoms with Gasteiger partial charge in [-0.3, -0.25) is 4.79 Å². The Hall–Kier alpha value is -1.53. The number of hydrogen-bond acceptors (Lipinski definition) is 2. The van der Waals surface area contributed by atoms with Gasteiger partial charge in [0.2, 0.25) is 5.91 Å². The number of carbonyl (C=O) groups excluding carboxylic acids is 1. The molecule has 0 radical (unpaired) electrons. The quantitative estimate of drug-likeness (QED) is 0.888. The van der Waals surface area contributed by atoms with Crippen molar-refractivity contribution in [2.75, 3.05) is 5.32 Å². The van der Waals surface area contributed by atoms with E-state index in [0.717, 1.165) is 6.42 Å². The second-order valence-corrected chi connectivity index (χ2v) is 4.69. The van der Waals surface area contributed by atoms with Gasteiger partial charge in [0.1, 0.15) is 0 Å². The van der Waals surface area contributed by atoms with Crippen LogP contribution in [0.3, 0.4) is 0 Å². The molecule has 0 heterocycles. The van der Waals surface area contributed by atoms with Gasteiger partial charge in [-0.25, -0.2) is 0 Å². The zero-order valence-electron chi connectivity index (χ0n) is 9.96. The molecule has 0 saturated carbocycles. The van der Waals surface area contributed by atoms with Crippen LogP contribution in [0.1, 0.15) is 32.3 Å². The van der Waals surface area contributed by atoms with Gasteiger partial charge in [-0.2, -0.15) is 5.26 Å². The first-order chi connectivity index (χ1) is 8.02. The van der Waals surface area contributed by atoms with Crippen molar-refractivity contribution in [1.29, 1.82) is 5.26 Å². The smallest absolute Gasteiger partial charge is 0.224 e. The van der Waals surface area contributed by atoms with Crippen LogP contribution in [0.4, 0.5) is 5.69 Å². The van der Waals surface area contributed by atoms with E-state index in [-0.39, 0.29) is 5.91 Å². The molecule has 0 aliphatic rings. The van der Waals surface area contributed by atoms with Crippen LogP contribution in [0.15, 0.2) is 18.2 Å². The lowest BCUT2D eigenvalue weighted by atomic mass is 10.1. The molecule has 17 heavy (non-hydrogen) atoms. The van der Waals surface area contributed by atoms with Crippen LogP contribution in [0, 0.1) is 17.2 Å². The number of halogens is 1. The predicted molar refractivity (Wildman–Crippen MR) is 68.9 cm³/mol. The number of rotatable bonds is 4. The van der Waals surface area contributed by atoms with Crippen LogP contribution in [-0.2, 0) is 4.79 Å². The van der Waals surface area contributed by atoms with Crippen molar-refractivity contribution in [2.24, 2.45) is 5.92 Å². The monoisotopic (exact) mass is 250 g/mol. The summed E-state index contributed by atoms with van der Waals surface area (Å²) in [6.45, 7) is 4.14. The Morgan fingerprint density at radius 2 is 2.24 bits per heavy atom. The molecular weight excluding hydrogens is 236 g/mol. The first-order valence-corrected chi connectivity index (χ1v) is 5.90. The van der Waals surface area contributed by atoms with Crippen LogP contribution in [-0.4, -0.2) is 5.91 Å². The number of amides is 1.